The van der Waals surface area contributed by atoms with Crippen LogP contribution in [0.1, 0.15) is 37.0 Å². The molecular formula is C17H26N2O3S. The molecule has 0 saturated carbocycles. The molecule has 1 aliphatic carbocycles. The summed E-state index contributed by atoms with van der Waals surface area (Å²) < 4.78 is 25.6. The van der Waals surface area contributed by atoms with Crippen LogP contribution in [0.2, 0.25) is 0 Å². The molecule has 5 nitrogen and oxygen atoms in total. The van der Waals surface area contributed by atoms with Gasteiger partial charge in [0.2, 0.25) is 10.0 Å². The number of aliphatic hydroxyl groups is 1. The summed E-state index contributed by atoms with van der Waals surface area (Å²) in [5, 5.41) is 10.6. The fourth-order valence-electron chi connectivity index (χ4n) is 3.89. The SMILES string of the molecule is CCS(=O)(=O)N(C)C1CCN(C2Cc3ccccc3C2O)CC1. The van der Waals surface area contributed by atoms with Crippen LogP contribution in [0.4, 0.5) is 0 Å². The van der Waals surface area contributed by atoms with Crippen molar-refractivity contribution in [2.24, 2.45) is 0 Å². The summed E-state index contributed by atoms with van der Waals surface area (Å²) in [6, 6.07) is 8.30. The Morgan fingerprint density at radius 2 is 1.91 bits per heavy atom. The van der Waals surface area contributed by atoms with Gasteiger partial charge in [0.15, 0.2) is 0 Å². The van der Waals surface area contributed by atoms with Gasteiger partial charge in [0.25, 0.3) is 0 Å². The normalized spacial score (nSPS) is 26.6. The average Bonchev–Trinajstić information content (AvgIpc) is 2.91. The predicted octanol–water partition coefficient (Wildman–Crippen LogP) is 1.39. The van der Waals surface area contributed by atoms with Gasteiger partial charge in [-0.05, 0) is 37.3 Å². The molecule has 1 N–H and O–H groups in total. The van der Waals surface area contributed by atoms with E-state index in [1.807, 2.05) is 18.2 Å². The summed E-state index contributed by atoms with van der Waals surface area (Å²) >= 11 is 0. The van der Waals surface area contributed by atoms with Crippen molar-refractivity contribution in [3.8, 4) is 0 Å². The molecule has 1 aromatic carbocycles. The molecule has 0 spiro atoms. The maximum absolute atomic E-state index is 12.0. The van der Waals surface area contributed by atoms with Gasteiger partial charge in [-0.25, -0.2) is 12.7 Å². The summed E-state index contributed by atoms with van der Waals surface area (Å²) in [5.41, 5.74) is 2.28. The van der Waals surface area contributed by atoms with Gasteiger partial charge >= 0.3 is 0 Å². The molecule has 1 aliphatic heterocycles. The van der Waals surface area contributed by atoms with Gasteiger partial charge in [-0.2, -0.15) is 0 Å². The number of fused-ring (bicyclic) bond motifs is 1. The van der Waals surface area contributed by atoms with E-state index in [1.165, 1.54) is 5.56 Å². The van der Waals surface area contributed by atoms with Crippen LogP contribution in [0, 0.1) is 0 Å². The Labute approximate surface area is 139 Å². The molecule has 0 aromatic heterocycles. The van der Waals surface area contributed by atoms with Crippen LogP contribution in [0.15, 0.2) is 24.3 Å². The largest absolute Gasteiger partial charge is 0.387 e. The summed E-state index contributed by atoms with van der Waals surface area (Å²) in [6.07, 6.45) is 2.11. The molecule has 3 rings (SSSR count). The monoisotopic (exact) mass is 338 g/mol. The van der Waals surface area contributed by atoms with E-state index in [2.05, 4.69) is 11.0 Å². The van der Waals surface area contributed by atoms with Crippen LogP contribution in [0.3, 0.4) is 0 Å². The Morgan fingerprint density at radius 1 is 1.26 bits per heavy atom. The molecule has 0 radical (unpaired) electrons. The third kappa shape index (κ3) is 3.18. The lowest BCUT2D eigenvalue weighted by Gasteiger charge is -2.39. The van der Waals surface area contributed by atoms with E-state index in [-0.39, 0.29) is 17.8 Å². The van der Waals surface area contributed by atoms with Gasteiger partial charge in [0.05, 0.1) is 11.9 Å². The predicted molar refractivity (Wildman–Crippen MR) is 90.7 cm³/mol. The molecule has 1 saturated heterocycles. The highest BCUT2D eigenvalue weighted by Crippen LogP contribution is 2.35. The molecule has 1 heterocycles. The molecule has 128 valence electrons. The maximum Gasteiger partial charge on any atom is 0.213 e. The Morgan fingerprint density at radius 3 is 2.52 bits per heavy atom. The first-order chi connectivity index (χ1) is 10.9. The number of piperidine rings is 1. The number of rotatable bonds is 4. The van der Waals surface area contributed by atoms with Crippen molar-refractivity contribution in [3.63, 3.8) is 0 Å². The quantitative estimate of drug-likeness (QED) is 0.901. The lowest BCUT2D eigenvalue weighted by molar-refractivity contribution is 0.0383. The second-order valence-corrected chi connectivity index (χ2v) is 8.92. The second kappa shape index (κ2) is 6.51. The van der Waals surface area contributed by atoms with E-state index >= 15 is 0 Å². The fraction of sp³-hybridized carbons (Fsp3) is 0.647. The zero-order valence-corrected chi connectivity index (χ0v) is 14.7. The molecule has 0 bridgehead atoms. The van der Waals surface area contributed by atoms with Crippen molar-refractivity contribution < 1.29 is 13.5 Å². The van der Waals surface area contributed by atoms with Gasteiger partial charge in [-0.15, -0.1) is 0 Å². The lowest BCUT2D eigenvalue weighted by atomic mass is 10.0. The van der Waals surface area contributed by atoms with Crippen molar-refractivity contribution >= 4 is 10.0 Å². The number of benzene rings is 1. The van der Waals surface area contributed by atoms with E-state index in [4.69, 9.17) is 0 Å². The van der Waals surface area contributed by atoms with E-state index in [0.717, 1.165) is 37.9 Å². The van der Waals surface area contributed by atoms with Crippen LogP contribution >= 0.6 is 0 Å². The summed E-state index contributed by atoms with van der Waals surface area (Å²) in [4.78, 5) is 2.33. The van der Waals surface area contributed by atoms with Gasteiger partial charge in [-0.1, -0.05) is 24.3 Å². The van der Waals surface area contributed by atoms with Gasteiger partial charge < -0.3 is 5.11 Å². The Balaban J connectivity index is 1.62. The lowest BCUT2D eigenvalue weighted by Crippen LogP contribution is -2.49. The molecule has 6 heteroatoms. The van der Waals surface area contributed by atoms with Crippen LogP contribution < -0.4 is 0 Å². The highest BCUT2D eigenvalue weighted by atomic mass is 32.2. The van der Waals surface area contributed by atoms with E-state index in [1.54, 1.807) is 18.3 Å². The number of sulfonamides is 1. The number of hydrogen-bond acceptors (Lipinski definition) is 4. The van der Waals surface area contributed by atoms with Crippen molar-refractivity contribution in [3.05, 3.63) is 35.4 Å². The molecule has 1 fully saturated rings. The smallest absolute Gasteiger partial charge is 0.213 e. The molecule has 1 aromatic rings. The van der Waals surface area contributed by atoms with Crippen molar-refractivity contribution in [2.75, 3.05) is 25.9 Å². The van der Waals surface area contributed by atoms with Crippen molar-refractivity contribution in [2.45, 2.75) is 44.4 Å². The first-order valence-electron chi connectivity index (χ1n) is 8.39. The van der Waals surface area contributed by atoms with E-state index in [0.29, 0.717) is 0 Å². The Bertz CT molecular complexity index is 654. The number of likely N-dealkylation sites (tertiary alicyclic amines) is 1. The van der Waals surface area contributed by atoms with Gasteiger partial charge in [-0.3, -0.25) is 4.90 Å². The first kappa shape index (κ1) is 16.9. The third-order valence-corrected chi connectivity index (χ3v) is 7.36. The Kier molecular flexibility index (Phi) is 4.78. The Hall–Kier alpha value is -0.950. The summed E-state index contributed by atoms with van der Waals surface area (Å²) in [5.74, 6) is 0.153. The van der Waals surface area contributed by atoms with Crippen LogP contribution in [0.25, 0.3) is 0 Å². The second-order valence-electron chi connectivity index (χ2n) is 6.60. The fourth-order valence-corrected chi connectivity index (χ4v) is 4.97. The topological polar surface area (TPSA) is 60.9 Å². The molecule has 2 unspecified atom stereocenters. The average molecular weight is 338 g/mol. The summed E-state index contributed by atoms with van der Waals surface area (Å²) in [7, 11) is -1.43. The molecule has 2 atom stereocenters. The first-order valence-corrected chi connectivity index (χ1v) is 10.0. The number of nitrogens with zero attached hydrogens (tertiary/aromatic N) is 2. The van der Waals surface area contributed by atoms with Crippen LogP contribution in [-0.2, 0) is 16.4 Å². The van der Waals surface area contributed by atoms with E-state index < -0.39 is 16.1 Å². The van der Waals surface area contributed by atoms with Crippen molar-refractivity contribution in [1.29, 1.82) is 0 Å². The minimum Gasteiger partial charge on any atom is -0.387 e. The molecular weight excluding hydrogens is 312 g/mol. The zero-order valence-electron chi connectivity index (χ0n) is 13.9. The van der Waals surface area contributed by atoms with Crippen molar-refractivity contribution in [1.82, 2.24) is 9.21 Å². The minimum absolute atomic E-state index is 0.0807. The summed E-state index contributed by atoms with van der Waals surface area (Å²) in [6.45, 7) is 3.36. The van der Waals surface area contributed by atoms with Crippen LogP contribution in [0.5, 0.6) is 0 Å². The molecule has 2 aliphatic rings. The van der Waals surface area contributed by atoms with E-state index in [9.17, 15) is 13.5 Å². The third-order valence-electron chi connectivity index (χ3n) is 5.45. The number of hydrogen-bond donors (Lipinski definition) is 1. The van der Waals surface area contributed by atoms with Crippen LogP contribution in [-0.4, -0.2) is 60.7 Å². The van der Waals surface area contributed by atoms with Gasteiger partial charge in [0.1, 0.15) is 0 Å². The molecule has 23 heavy (non-hydrogen) atoms. The zero-order chi connectivity index (χ0) is 16.6. The number of aliphatic hydroxyl groups excluding tert-OH is 1. The van der Waals surface area contributed by atoms with Gasteiger partial charge in [0, 0.05) is 32.2 Å². The highest BCUT2D eigenvalue weighted by molar-refractivity contribution is 7.89. The minimum atomic E-state index is -3.12. The maximum atomic E-state index is 12.0. The molecule has 0 amide bonds. The highest BCUT2D eigenvalue weighted by Gasteiger charge is 2.37. The standard InChI is InChI=1S/C17H26N2O3S/c1-3-23(21,22)18(2)14-8-10-19(11-9-14)16-12-13-6-4-5-7-15(13)17(16)20/h4-7,14,16-17,20H,3,8-12H2,1-2H3.